The summed E-state index contributed by atoms with van der Waals surface area (Å²) in [5, 5.41) is 24.8. The number of nitrogens with zero attached hydrogens (tertiary/aromatic N) is 4. The van der Waals surface area contributed by atoms with Gasteiger partial charge in [-0.15, -0.1) is 0 Å². The van der Waals surface area contributed by atoms with Crippen molar-refractivity contribution in [2.75, 3.05) is 13.1 Å². The molecule has 0 spiro atoms. The fourth-order valence-electron chi connectivity index (χ4n) is 5.31. The average Bonchev–Trinajstić information content (AvgIpc) is 3.68. The first-order valence-electron chi connectivity index (χ1n) is 12.8. The van der Waals surface area contributed by atoms with Gasteiger partial charge in [0, 0.05) is 77.3 Å². The third kappa shape index (κ3) is 6.00. The van der Waals surface area contributed by atoms with E-state index in [1.807, 2.05) is 0 Å². The standard InChI is InChI=1S/C26H32N6O8/c1-29-9-3-5-17(29)23(35)27-15-11-19(25(37)38)31(13-15)21(33)7-8-22(34)32-14-16(12-20(32)26(39)40)28-24(36)18-6-4-10-30(18)2/h3-6,9-10,15-16,19-20H,7-8,11-14H2,1-2H3,(H,27,35)(H,28,36)(H,37,38)(H,39,40). The fourth-order valence-corrected chi connectivity index (χ4v) is 5.31. The van der Waals surface area contributed by atoms with Gasteiger partial charge in [0.05, 0.1) is 0 Å². The first-order chi connectivity index (χ1) is 19.0. The summed E-state index contributed by atoms with van der Waals surface area (Å²) in [6.07, 6.45) is 2.77. The maximum Gasteiger partial charge on any atom is 0.326 e. The average molecular weight is 557 g/mol. The maximum absolute atomic E-state index is 13.0. The first-order valence-corrected chi connectivity index (χ1v) is 12.8. The van der Waals surface area contributed by atoms with Crippen molar-refractivity contribution in [3.63, 3.8) is 0 Å². The molecule has 2 aliphatic rings. The molecular formula is C26H32N6O8. The second kappa shape index (κ2) is 11.6. The zero-order valence-corrected chi connectivity index (χ0v) is 22.1. The monoisotopic (exact) mass is 556 g/mol. The zero-order valence-electron chi connectivity index (χ0n) is 22.1. The number of carbonyl (C=O) groups is 6. The largest absolute Gasteiger partial charge is 0.480 e. The molecule has 0 aromatic carbocycles. The Morgan fingerprint density at radius 1 is 0.725 bits per heavy atom. The molecule has 0 saturated carbocycles. The van der Waals surface area contributed by atoms with Crippen LogP contribution < -0.4 is 10.6 Å². The van der Waals surface area contributed by atoms with Crippen molar-refractivity contribution >= 4 is 35.6 Å². The van der Waals surface area contributed by atoms with E-state index in [-0.39, 0.29) is 38.8 Å². The molecule has 14 nitrogen and oxygen atoms in total. The highest BCUT2D eigenvalue weighted by molar-refractivity contribution is 5.94. The Kier molecular flexibility index (Phi) is 8.26. The molecule has 2 aromatic rings. The van der Waals surface area contributed by atoms with Crippen LogP contribution in [0.4, 0.5) is 0 Å². The van der Waals surface area contributed by atoms with Crippen molar-refractivity contribution in [3.05, 3.63) is 48.0 Å². The molecule has 4 N–H and O–H groups in total. The Hall–Kier alpha value is -4.62. The Morgan fingerprint density at radius 3 is 1.40 bits per heavy atom. The Bertz CT molecular complexity index is 1230. The number of carboxylic acids is 2. The second-order valence-electron chi connectivity index (χ2n) is 10.1. The third-order valence-electron chi connectivity index (χ3n) is 7.39. The normalized spacial score (nSPS) is 22.2. The van der Waals surface area contributed by atoms with E-state index in [1.54, 1.807) is 59.9 Å². The summed E-state index contributed by atoms with van der Waals surface area (Å²) in [5.41, 5.74) is 0.776. The Labute approximate surface area is 229 Å². The molecular weight excluding hydrogens is 524 g/mol. The van der Waals surface area contributed by atoms with Crippen LogP contribution in [-0.2, 0) is 33.3 Å². The molecule has 4 amide bonds. The van der Waals surface area contributed by atoms with E-state index in [0.29, 0.717) is 11.4 Å². The van der Waals surface area contributed by atoms with Crippen LogP contribution in [-0.4, -0.2) is 102 Å². The minimum atomic E-state index is -1.22. The van der Waals surface area contributed by atoms with Crippen molar-refractivity contribution in [2.45, 2.75) is 49.9 Å². The lowest BCUT2D eigenvalue weighted by Crippen LogP contribution is -2.44. The van der Waals surface area contributed by atoms with Crippen molar-refractivity contribution in [1.82, 2.24) is 29.6 Å². The van der Waals surface area contributed by atoms with Crippen LogP contribution in [0.1, 0.15) is 46.7 Å². The molecule has 2 aromatic heterocycles. The smallest absolute Gasteiger partial charge is 0.326 e. The van der Waals surface area contributed by atoms with Gasteiger partial charge in [0.1, 0.15) is 23.5 Å². The molecule has 0 aliphatic carbocycles. The number of aliphatic carboxylic acids is 2. The van der Waals surface area contributed by atoms with Gasteiger partial charge in [-0.25, -0.2) is 9.59 Å². The molecule has 4 atom stereocenters. The summed E-state index contributed by atoms with van der Waals surface area (Å²) in [7, 11) is 3.40. The molecule has 0 radical (unpaired) electrons. The van der Waals surface area contributed by atoms with Crippen molar-refractivity contribution < 1.29 is 39.0 Å². The van der Waals surface area contributed by atoms with Crippen LogP contribution in [0.5, 0.6) is 0 Å². The van der Waals surface area contributed by atoms with E-state index >= 15 is 0 Å². The lowest BCUT2D eigenvalue weighted by molar-refractivity contribution is -0.150. The summed E-state index contributed by atoms with van der Waals surface area (Å²) in [5.74, 6) is -4.41. The first kappa shape index (κ1) is 28.4. The molecule has 40 heavy (non-hydrogen) atoms. The van der Waals surface area contributed by atoms with Crippen LogP contribution >= 0.6 is 0 Å². The van der Waals surface area contributed by atoms with Crippen LogP contribution in [0.3, 0.4) is 0 Å². The molecule has 14 heteroatoms. The van der Waals surface area contributed by atoms with Gasteiger partial charge in [-0.05, 0) is 24.3 Å². The number of carbonyl (C=O) groups excluding carboxylic acids is 4. The van der Waals surface area contributed by atoms with Crippen LogP contribution in [0.2, 0.25) is 0 Å². The highest BCUT2D eigenvalue weighted by Crippen LogP contribution is 2.23. The molecule has 4 heterocycles. The molecule has 0 bridgehead atoms. The van der Waals surface area contributed by atoms with Crippen LogP contribution in [0.15, 0.2) is 36.7 Å². The van der Waals surface area contributed by atoms with Gasteiger partial charge in [0.15, 0.2) is 0 Å². The number of aromatic nitrogens is 2. The Balaban J connectivity index is 1.34. The number of amides is 4. The van der Waals surface area contributed by atoms with Gasteiger partial charge in [-0.2, -0.15) is 0 Å². The van der Waals surface area contributed by atoms with E-state index in [4.69, 9.17) is 0 Å². The lowest BCUT2D eigenvalue weighted by atomic mass is 10.1. The zero-order chi connectivity index (χ0) is 29.1. The third-order valence-corrected chi connectivity index (χ3v) is 7.39. The number of hydrogen-bond acceptors (Lipinski definition) is 6. The molecule has 2 saturated heterocycles. The summed E-state index contributed by atoms with van der Waals surface area (Å²) >= 11 is 0. The van der Waals surface area contributed by atoms with E-state index < -0.39 is 59.7 Å². The second-order valence-corrected chi connectivity index (χ2v) is 10.1. The van der Waals surface area contributed by atoms with Gasteiger partial charge in [-0.1, -0.05) is 0 Å². The lowest BCUT2D eigenvalue weighted by Gasteiger charge is -2.24. The van der Waals surface area contributed by atoms with Crippen molar-refractivity contribution in [1.29, 1.82) is 0 Å². The predicted octanol–water partition coefficient (Wildman–Crippen LogP) is -0.588. The SMILES string of the molecule is Cn1cccc1C(=O)NC1CC(C(=O)O)N(C(=O)CCC(=O)N2CC(NC(=O)c3cccn3C)CC2C(=O)O)C1. The molecule has 2 fully saturated rings. The highest BCUT2D eigenvalue weighted by Gasteiger charge is 2.42. The molecule has 4 rings (SSSR count). The topological polar surface area (TPSA) is 183 Å². The number of aryl methyl sites for hydroxylation is 2. The van der Waals surface area contributed by atoms with Crippen molar-refractivity contribution in [3.8, 4) is 0 Å². The van der Waals surface area contributed by atoms with Crippen molar-refractivity contribution in [2.24, 2.45) is 14.1 Å². The van der Waals surface area contributed by atoms with Gasteiger partial charge in [0.25, 0.3) is 11.8 Å². The summed E-state index contributed by atoms with van der Waals surface area (Å²) in [6.45, 7) is -0.0657. The number of carboxylic acid groups (broad SMARTS) is 2. The minimum absolute atomic E-state index is 0.0148. The van der Waals surface area contributed by atoms with Gasteiger partial charge in [-0.3, -0.25) is 19.2 Å². The van der Waals surface area contributed by atoms with E-state index in [2.05, 4.69) is 10.6 Å². The number of nitrogens with one attached hydrogen (secondary N) is 2. The number of hydrogen-bond donors (Lipinski definition) is 4. The molecule has 4 unspecified atom stereocenters. The van der Waals surface area contributed by atoms with Crippen LogP contribution in [0, 0.1) is 0 Å². The van der Waals surface area contributed by atoms with Gasteiger partial charge in [0.2, 0.25) is 11.8 Å². The van der Waals surface area contributed by atoms with Crippen LogP contribution in [0.25, 0.3) is 0 Å². The predicted molar refractivity (Wildman–Crippen MR) is 138 cm³/mol. The fraction of sp³-hybridized carbons (Fsp3) is 0.462. The van der Waals surface area contributed by atoms with E-state index in [0.717, 1.165) is 9.80 Å². The quantitative estimate of drug-likeness (QED) is 0.316. The molecule has 214 valence electrons. The summed E-state index contributed by atoms with van der Waals surface area (Å²) in [6, 6.07) is 3.12. The maximum atomic E-state index is 13.0. The van der Waals surface area contributed by atoms with Gasteiger partial charge < -0.3 is 39.8 Å². The Morgan fingerprint density at radius 2 is 1.10 bits per heavy atom. The van der Waals surface area contributed by atoms with Gasteiger partial charge >= 0.3 is 11.9 Å². The minimum Gasteiger partial charge on any atom is -0.480 e. The number of likely N-dealkylation sites (tertiary alicyclic amines) is 2. The summed E-state index contributed by atoms with van der Waals surface area (Å²) < 4.78 is 3.24. The summed E-state index contributed by atoms with van der Waals surface area (Å²) in [4.78, 5) is 77.0. The molecule has 2 aliphatic heterocycles. The highest BCUT2D eigenvalue weighted by atomic mass is 16.4. The van der Waals surface area contributed by atoms with E-state index in [9.17, 15) is 39.0 Å². The number of rotatable bonds is 9. The van der Waals surface area contributed by atoms with E-state index in [1.165, 1.54) is 0 Å².